The highest BCUT2D eigenvalue weighted by Crippen LogP contribution is 2.23. The Labute approximate surface area is 187 Å². The van der Waals surface area contributed by atoms with Crippen molar-refractivity contribution in [1.29, 1.82) is 0 Å². The van der Waals surface area contributed by atoms with Crippen LogP contribution in [0.25, 0.3) is 0 Å². The molecule has 174 valence electrons. The van der Waals surface area contributed by atoms with Crippen molar-refractivity contribution < 1.29 is 9.53 Å². The number of carbonyl (C=O) groups excluding carboxylic acids is 1. The summed E-state index contributed by atoms with van der Waals surface area (Å²) >= 11 is 0. The minimum Gasteiger partial charge on any atom is -0.383 e. The Balaban J connectivity index is 1.92. The molecule has 1 heterocycles. The molecule has 1 saturated carbocycles. The molecule has 9 nitrogen and oxygen atoms in total. The van der Waals surface area contributed by atoms with E-state index in [4.69, 9.17) is 10.5 Å². The molecule has 1 aliphatic carbocycles. The molecule has 2 aromatic rings. The fourth-order valence-corrected chi connectivity index (χ4v) is 4.25. The Morgan fingerprint density at radius 1 is 1.19 bits per heavy atom. The molecular formula is C23H33N5O4. The maximum Gasteiger partial charge on any atom is 0.330 e. The van der Waals surface area contributed by atoms with Crippen molar-refractivity contribution in [3.63, 3.8) is 0 Å². The fourth-order valence-electron chi connectivity index (χ4n) is 4.25. The van der Waals surface area contributed by atoms with Gasteiger partial charge in [0.15, 0.2) is 5.69 Å². The number of ether oxygens (including phenoxy) is 1. The number of rotatable bonds is 9. The van der Waals surface area contributed by atoms with Crippen LogP contribution >= 0.6 is 0 Å². The van der Waals surface area contributed by atoms with E-state index in [0.717, 1.165) is 31.2 Å². The van der Waals surface area contributed by atoms with Gasteiger partial charge in [0, 0.05) is 19.7 Å². The van der Waals surface area contributed by atoms with E-state index >= 15 is 0 Å². The first kappa shape index (κ1) is 23.7. The minimum absolute atomic E-state index is 0.0142. The number of methoxy groups -OCH3 is 1. The summed E-state index contributed by atoms with van der Waals surface area (Å²) in [6.07, 6.45) is 5.67. The quantitative estimate of drug-likeness (QED) is 0.606. The van der Waals surface area contributed by atoms with Gasteiger partial charge in [0.1, 0.15) is 5.82 Å². The number of nitrogens with two attached hydrogens (primary N) is 1. The molecule has 1 amide bonds. The Hall–Kier alpha value is -2.91. The van der Waals surface area contributed by atoms with E-state index in [9.17, 15) is 14.4 Å². The third kappa shape index (κ3) is 5.66. The average molecular weight is 444 g/mol. The number of benzene rings is 1. The number of amides is 1. The number of nitrogens with one attached hydrogen (secondary N) is 1. The molecule has 0 aliphatic heterocycles. The number of H-pyrrole nitrogens is 1. The van der Waals surface area contributed by atoms with E-state index < -0.39 is 11.2 Å². The van der Waals surface area contributed by atoms with Gasteiger partial charge in [-0.3, -0.25) is 24.0 Å². The minimum atomic E-state index is -0.679. The van der Waals surface area contributed by atoms with Gasteiger partial charge in [0.25, 0.3) is 5.56 Å². The summed E-state index contributed by atoms with van der Waals surface area (Å²) in [5.74, 6) is -0.287. The topological polar surface area (TPSA) is 114 Å². The smallest absolute Gasteiger partial charge is 0.330 e. The van der Waals surface area contributed by atoms with Gasteiger partial charge in [-0.25, -0.2) is 4.79 Å². The number of aromatic amines is 1. The molecule has 32 heavy (non-hydrogen) atoms. The van der Waals surface area contributed by atoms with Crippen LogP contribution in [0.2, 0.25) is 0 Å². The first-order valence-corrected chi connectivity index (χ1v) is 11.1. The Morgan fingerprint density at radius 3 is 2.53 bits per heavy atom. The highest BCUT2D eigenvalue weighted by molar-refractivity contribution is 5.96. The van der Waals surface area contributed by atoms with Crippen molar-refractivity contribution in [2.24, 2.45) is 0 Å². The van der Waals surface area contributed by atoms with Gasteiger partial charge in [-0.15, -0.1) is 0 Å². The first-order chi connectivity index (χ1) is 15.4. The zero-order valence-electron chi connectivity index (χ0n) is 18.9. The number of hydrogen-bond acceptors (Lipinski definition) is 6. The second-order valence-electron chi connectivity index (χ2n) is 8.31. The van der Waals surface area contributed by atoms with Crippen LogP contribution in [0.1, 0.15) is 37.7 Å². The molecule has 3 rings (SSSR count). The average Bonchev–Trinajstić information content (AvgIpc) is 2.79. The lowest BCUT2D eigenvalue weighted by atomic mass is 9.94. The summed E-state index contributed by atoms with van der Waals surface area (Å²) in [6.45, 7) is 0.731. The number of carbonyl (C=O) groups is 1. The van der Waals surface area contributed by atoms with Crippen molar-refractivity contribution >= 4 is 17.4 Å². The predicted octanol–water partition coefficient (Wildman–Crippen LogP) is 1.41. The molecule has 0 saturated heterocycles. The molecule has 9 heteroatoms. The summed E-state index contributed by atoms with van der Waals surface area (Å²) in [5, 5.41) is 0. The molecule has 1 aliphatic rings. The molecule has 3 N–H and O–H groups in total. The predicted molar refractivity (Wildman–Crippen MR) is 125 cm³/mol. The Bertz CT molecular complexity index is 1010. The molecule has 1 aromatic heterocycles. The summed E-state index contributed by atoms with van der Waals surface area (Å²) in [5.41, 5.74) is 5.86. The Kier molecular flexibility index (Phi) is 8.24. The van der Waals surface area contributed by atoms with Gasteiger partial charge >= 0.3 is 5.69 Å². The van der Waals surface area contributed by atoms with E-state index in [1.54, 1.807) is 0 Å². The van der Waals surface area contributed by atoms with Crippen molar-refractivity contribution in [2.45, 2.75) is 44.7 Å². The van der Waals surface area contributed by atoms with Crippen LogP contribution in [0.5, 0.6) is 0 Å². The van der Waals surface area contributed by atoms with Gasteiger partial charge in [-0.2, -0.15) is 0 Å². The van der Waals surface area contributed by atoms with Gasteiger partial charge in [-0.05, 0) is 25.5 Å². The number of likely N-dealkylation sites (N-methyl/N-ethyl adjacent to an activating group) is 1. The monoisotopic (exact) mass is 443 g/mol. The molecule has 1 fully saturated rings. The summed E-state index contributed by atoms with van der Waals surface area (Å²) in [4.78, 5) is 44.3. The molecule has 0 bridgehead atoms. The lowest BCUT2D eigenvalue weighted by molar-refractivity contribution is -0.120. The van der Waals surface area contributed by atoms with Crippen molar-refractivity contribution in [2.75, 3.05) is 44.5 Å². The summed E-state index contributed by atoms with van der Waals surface area (Å²) in [6, 6.07) is 9.67. The van der Waals surface area contributed by atoms with E-state index in [2.05, 4.69) is 4.98 Å². The van der Waals surface area contributed by atoms with Crippen LogP contribution in [-0.4, -0.2) is 60.3 Å². The van der Waals surface area contributed by atoms with Crippen molar-refractivity contribution in [3.05, 3.63) is 56.7 Å². The fraction of sp³-hybridized carbons (Fsp3) is 0.522. The SMILES string of the molecule is COCCN(C(=O)CN(C)C1CCCCC1)c1c(N)n(Cc2ccccc2)c(=O)[nH]c1=O. The normalized spacial score (nSPS) is 14.6. The van der Waals surface area contributed by atoms with Crippen LogP contribution in [0.3, 0.4) is 0 Å². The summed E-state index contributed by atoms with van der Waals surface area (Å²) in [7, 11) is 3.47. The highest BCUT2D eigenvalue weighted by atomic mass is 16.5. The van der Waals surface area contributed by atoms with E-state index in [1.807, 2.05) is 42.3 Å². The van der Waals surface area contributed by atoms with Gasteiger partial charge in [-0.1, -0.05) is 49.6 Å². The lowest BCUT2D eigenvalue weighted by Crippen LogP contribution is -2.47. The standard InChI is InChI=1S/C23H33N5O4/c1-26(18-11-7-4-8-12-18)16-19(29)27(13-14-32-2)20-21(24)28(23(31)25-22(20)30)15-17-9-5-3-6-10-17/h3,5-6,9-10,18H,4,7-8,11-16,24H2,1-2H3,(H,25,30,31). The molecule has 1 aromatic carbocycles. The largest absolute Gasteiger partial charge is 0.383 e. The van der Waals surface area contributed by atoms with E-state index in [-0.39, 0.29) is 43.7 Å². The van der Waals surface area contributed by atoms with Crippen LogP contribution < -0.4 is 21.9 Å². The van der Waals surface area contributed by atoms with E-state index in [1.165, 1.54) is 23.0 Å². The number of nitrogen functional groups attached to an aromatic ring is 1. The number of nitrogens with zero attached hydrogens (tertiary/aromatic N) is 3. The van der Waals surface area contributed by atoms with E-state index in [0.29, 0.717) is 6.04 Å². The summed E-state index contributed by atoms with van der Waals surface area (Å²) < 4.78 is 6.45. The lowest BCUT2D eigenvalue weighted by Gasteiger charge is -2.32. The van der Waals surface area contributed by atoms with Gasteiger partial charge < -0.3 is 15.4 Å². The maximum atomic E-state index is 13.3. The molecular weight excluding hydrogens is 410 g/mol. The van der Waals surface area contributed by atoms with Crippen LogP contribution in [0.15, 0.2) is 39.9 Å². The third-order valence-electron chi connectivity index (χ3n) is 6.07. The number of hydrogen-bond donors (Lipinski definition) is 2. The zero-order valence-corrected chi connectivity index (χ0v) is 18.9. The third-order valence-corrected chi connectivity index (χ3v) is 6.07. The number of aromatic nitrogens is 2. The first-order valence-electron chi connectivity index (χ1n) is 11.1. The van der Waals surface area contributed by atoms with Crippen molar-refractivity contribution in [1.82, 2.24) is 14.5 Å². The molecule has 0 atom stereocenters. The molecule has 0 unspecified atom stereocenters. The highest BCUT2D eigenvalue weighted by Gasteiger charge is 2.27. The van der Waals surface area contributed by atoms with Gasteiger partial charge in [0.05, 0.1) is 19.7 Å². The maximum absolute atomic E-state index is 13.3. The zero-order chi connectivity index (χ0) is 23.1. The molecule has 0 radical (unpaired) electrons. The van der Waals surface area contributed by atoms with Crippen molar-refractivity contribution in [3.8, 4) is 0 Å². The molecule has 0 spiro atoms. The second kappa shape index (κ2) is 11.1. The van der Waals surface area contributed by atoms with Crippen LogP contribution in [-0.2, 0) is 16.1 Å². The van der Waals surface area contributed by atoms with Crippen LogP contribution in [0.4, 0.5) is 11.5 Å². The van der Waals surface area contributed by atoms with Gasteiger partial charge in [0.2, 0.25) is 5.91 Å². The Morgan fingerprint density at radius 2 is 1.88 bits per heavy atom. The second-order valence-corrected chi connectivity index (χ2v) is 8.31. The number of anilines is 2. The van der Waals surface area contributed by atoms with Crippen LogP contribution in [0, 0.1) is 0 Å².